The quantitative estimate of drug-likeness (QED) is 0.369. The predicted octanol–water partition coefficient (Wildman–Crippen LogP) is 3.34. The summed E-state index contributed by atoms with van der Waals surface area (Å²) in [7, 11) is 0. The molecule has 31 heavy (non-hydrogen) atoms. The van der Waals surface area contributed by atoms with Crippen LogP contribution >= 0.6 is 0 Å². The van der Waals surface area contributed by atoms with E-state index in [9.17, 15) is 9.59 Å². The second-order valence-corrected chi connectivity index (χ2v) is 6.60. The minimum absolute atomic E-state index is 0.0398. The van der Waals surface area contributed by atoms with Crippen LogP contribution in [-0.2, 0) is 4.79 Å². The van der Waals surface area contributed by atoms with Crippen LogP contribution in [0.25, 0.3) is 6.08 Å². The smallest absolute Gasteiger partial charge is 0.287 e. The number of rotatable bonds is 6. The highest BCUT2D eigenvalue weighted by Crippen LogP contribution is 2.33. The molecular weight excluding hydrogens is 394 g/mol. The van der Waals surface area contributed by atoms with Crippen molar-refractivity contribution in [3.8, 4) is 11.5 Å². The standard InChI is InChI=1S/C24H19N3O4/c28-23(19-9-5-2-6-10-19)26-20(13-18-11-12-21-22(14-18)31-16-30-21)24(29)27-25-15-17-7-3-1-4-8-17/h1-15H,16H2,(H,26,28)(H,27,29)/b20-13?,25-15-. The van der Waals surface area contributed by atoms with E-state index < -0.39 is 11.8 Å². The number of nitrogens with one attached hydrogen (secondary N) is 2. The number of benzene rings is 3. The third-order valence-electron chi connectivity index (χ3n) is 4.42. The lowest BCUT2D eigenvalue weighted by molar-refractivity contribution is -0.117. The zero-order valence-corrected chi connectivity index (χ0v) is 16.4. The molecule has 0 radical (unpaired) electrons. The normalized spacial score (nSPS) is 12.6. The number of carbonyl (C=O) groups is 2. The van der Waals surface area contributed by atoms with Gasteiger partial charge in [0.2, 0.25) is 6.79 Å². The highest BCUT2D eigenvalue weighted by molar-refractivity contribution is 6.05. The molecule has 0 spiro atoms. The predicted molar refractivity (Wildman–Crippen MR) is 117 cm³/mol. The van der Waals surface area contributed by atoms with E-state index in [1.54, 1.807) is 48.5 Å². The van der Waals surface area contributed by atoms with Gasteiger partial charge in [0.05, 0.1) is 6.21 Å². The number of ether oxygens (including phenoxy) is 2. The molecule has 4 rings (SSSR count). The maximum absolute atomic E-state index is 12.8. The first kappa shape index (κ1) is 19.9. The Morgan fingerprint density at radius 2 is 1.55 bits per heavy atom. The lowest BCUT2D eigenvalue weighted by atomic mass is 10.1. The van der Waals surface area contributed by atoms with Crippen LogP contribution in [0.1, 0.15) is 21.5 Å². The fourth-order valence-corrected chi connectivity index (χ4v) is 2.88. The monoisotopic (exact) mass is 413 g/mol. The highest BCUT2D eigenvalue weighted by atomic mass is 16.7. The van der Waals surface area contributed by atoms with Gasteiger partial charge in [0, 0.05) is 5.56 Å². The van der Waals surface area contributed by atoms with Gasteiger partial charge in [-0.15, -0.1) is 0 Å². The van der Waals surface area contributed by atoms with Gasteiger partial charge in [-0.3, -0.25) is 9.59 Å². The van der Waals surface area contributed by atoms with Crippen LogP contribution in [0.5, 0.6) is 11.5 Å². The first-order chi connectivity index (χ1) is 15.2. The molecule has 0 bridgehead atoms. The van der Waals surface area contributed by atoms with Crippen LogP contribution in [0.4, 0.5) is 0 Å². The van der Waals surface area contributed by atoms with Crippen LogP contribution < -0.4 is 20.2 Å². The molecule has 7 heteroatoms. The Balaban J connectivity index is 1.56. The molecule has 1 aliphatic heterocycles. The average molecular weight is 413 g/mol. The summed E-state index contributed by atoms with van der Waals surface area (Å²) in [5.41, 5.74) is 4.42. The number of nitrogens with zero attached hydrogens (tertiary/aromatic N) is 1. The zero-order chi connectivity index (χ0) is 21.5. The maximum Gasteiger partial charge on any atom is 0.287 e. The molecule has 2 amide bonds. The van der Waals surface area contributed by atoms with E-state index in [4.69, 9.17) is 9.47 Å². The Bertz CT molecular complexity index is 1140. The van der Waals surface area contributed by atoms with Gasteiger partial charge in [0.15, 0.2) is 11.5 Å². The Hall–Kier alpha value is -4.39. The number of carbonyl (C=O) groups excluding carboxylic acids is 2. The second-order valence-electron chi connectivity index (χ2n) is 6.60. The summed E-state index contributed by atoms with van der Waals surface area (Å²) >= 11 is 0. The molecule has 0 atom stereocenters. The van der Waals surface area contributed by atoms with Crippen molar-refractivity contribution in [1.29, 1.82) is 0 Å². The largest absolute Gasteiger partial charge is 0.454 e. The van der Waals surface area contributed by atoms with Gasteiger partial charge in [0.25, 0.3) is 11.8 Å². The lowest BCUT2D eigenvalue weighted by Crippen LogP contribution is -2.32. The van der Waals surface area contributed by atoms with Crippen molar-refractivity contribution in [1.82, 2.24) is 10.7 Å². The van der Waals surface area contributed by atoms with E-state index in [-0.39, 0.29) is 12.5 Å². The van der Waals surface area contributed by atoms with E-state index in [0.29, 0.717) is 22.6 Å². The minimum Gasteiger partial charge on any atom is -0.454 e. The Morgan fingerprint density at radius 1 is 0.839 bits per heavy atom. The molecule has 0 aliphatic carbocycles. The SMILES string of the molecule is O=C(N/N=C\c1ccccc1)C(=Cc1ccc2c(c1)OCO2)NC(=O)c1ccccc1. The summed E-state index contributed by atoms with van der Waals surface area (Å²) < 4.78 is 10.7. The third kappa shape index (κ3) is 5.16. The van der Waals surface area contributed by atoms with Crippen LogP contribution in [-0.4, -0.2) is 24.8 Å². The topological polar surface area (TPSA) is 89.0 Å². The van der Waals surface area contributed by atoms with Gasteiger partial charge in [0.1, 0.15) is 5.70 Å². The van der Waals surface area contributed by atoms with Crippen molar-refractivity contribution in [3.05, 3.63) is 101 Å². The molecule has 0 fully saturated rings. The highest BCUT2D eigenvalue weighted by Gasteiger charge is 2.16. The molecule has 3 aromatic carbocycles. The molecule has 0 saturated heterocycles. The van der Waals surface area contributed by atoms with Gasteiger partial charge in [-0.1, -0.05) is 54.6 Å². The first-order valence-electron chi connectivity index (χ1n) is 9.55. The van der Waals surface area contributed by atoms with Gasteiger partial charge >= 0.3 is 0 Å². The van der Waals surface area contributed by atoms with Gasteiger partial charge in [-0.25, -0.2) is 5.43 Å². The van der Waals surface area contributed by atoms with Crippen LogP contribution in [0.2, 0.25) is 0 Å². The summed E-state index contributed by atoms with van der Waals surface area (Å²) in [4.78, 5) is 25.4. The zero-order valence-electron chi connectivity index (χ0n) is 16.4. The van der Waals surface area contributed by atoms with E-state index in [0.717, 1.165) is 5.56 Å². The van der Waals surface area contributed by atoms with Crippen molar-refractivity contribution in [2.45, 2.75) is 0 Å². The number of fused-ring (bicyclic) bond motifs is 1. The average Bonchev–Trinajstić information content (AvgIpc) is 3.28. The number of hydrogen-bond acceptors (Lipinski definition) is 5. The summed E-state index contributed by atoms with van der Waals surface area (Å²) in [6, 6.07) is 23.2. The van der Waals surface area contributed by atoms with Gasteiger partial charge < -0.3 is 14.8 Å². The molecule has 1 aliphatic rings. The Labute approximate surface area is 179 Å². The van der Waals surface area contributed by atoms with E-state index in [2.05, 4.69) is 15.8 Å². The molecule has 0 unspecified atom stereocenters. The van der Waals surface area contributed by atoms with E-state index in [1.165, 1.54) is 6.21 Å². The third-order valence-corrected chi connectivity index (χ3v) is 4.42. The molecule has 2 N–H and O–H groups in total. The van der Waals surface area contributed by atoms with E-state index in [1.807, 2.05) is 36.4 Å². The van der Waals surface area contributed by atoms with E-state index >= 15 is 0 Å². The van der Waals surface area contributed by atoms with Gasteiger partial charge in [-0.05, 0) is 41.5 Å². The van der Waals surface area contributed by atoms with Crippen LogP contribution in [0.15, 0.2) is 89.7 Å². The summed E-state index contributed by atoms with van der Waals surface area (Å²) in [5.74, 6) is 0.234. The van der Waals surface area contributed by atoms with Gasteiger partial charge in [-0.2, -0.15) is 5.10 Å². The lowest BCUT2D eigenvalue weighted by Gasteiger charge is -2.09. The van der Waals surface area contributed by atoms with Crippen LogP contribution in [0, 0.1) is 0 Å². The molecule has 154 valence electrons. The molecule has 0 saturated carbocycles. The number of hydrogen-bond donors (Lipinski definition) is 2. The summed E-state index contributed by atoms with van der Waals surface area (Å²) in [6.45, 7) is 0.148. The molecule has 1 heterocycles. The Kier molecular flexibility index (Phi) is 6.04. The first-order valence-corrected chi connectivity index (χ1v) is 9.55. The molecular formula is C24H19N3O4. The summed E-state index contributed by atoms with van der Waals surface area (Å²) in [5, 5.41) is 6.64. The number of amides is 2. The second kappa shape index (κ2) is 9.41. The summed E-state index contributed by atoms with van der Waals surface area (Å²) in [6.07, 6.45) is 3.07. The van der Waals surface area contributed by atoms with Crippen molar-refractivity contribution in [2.24, 2.45) is 5.10 Å². The van der Waals surface area contributed by atoms with Crippen molar-refractivity contribution in [3.63, 3.8) is 0 Å². The van der Waals surface area contributed by atoms with Crippen molar-refractivity contribution in [2.75, 3.05) is 6.79 Å². The van der Waals surface area contributed by atoms with Crippen molar-refractivity contribution >= 4 is 24.1 Å². The molecule has 7 nitrogen and oxygen atoms in total. The maximum atomic E-state index is 12.8. The molecule has 3 aromatic rings. The fourth-order valence-electron chi connectivity index (χ4n) is 2.88. The number of hydrazone groups is 1. The Morgan fingerprint density at radius 3 is 2.32 bits per heavy atom. The molecule has 0 aromatic heterocycles. The fraction of sp³-hybridized carbons (Fsp3) is 0.0417. The minimum atomic E-state index is -0.561. The van der Waals surface area contributed by atoms with Crippen LogP contribution in [0.3, 0.4) is 0 Å². The van der Waals surface area contributed by atoms with Crippen molar-refractivity contribution < 1.29 is 19.1 Å².